The van der Waals surface area contributed by atoms with Crippen LogP contribution in [0.3, 0.4) is 0 Å². The highest BCUT2D eigenvalue weighted by molar-refractivity contribution is 6.30. The highest BCUT2D eigenvalue weighted by atomic mass is 35.5. The Bertz CT molecular complexity index is 838. The molecule has 0 radical (unpaired) electrons. The normalized spacial score (nSPS) is 12.0. The predicted molar refractivity (Wildman–Crippen MR) is 83.4 cm³/mol. The first kappa shape index (κ1) is 15.8. The van der Waals surface area contributed by atoms with Gasteiger partial charge in [0, 0.05) is 23.2 Å². The number of hydrogen-bond donors (Lipinski definition) is 1. The molecule has 3 aromatic rings. The van der Waals surface area contributed by atoms with Gasteiger partial charge >= 0.3 is 6.18 Å². The Kier molecular flexibility index (Phi) is 4.04. The smallest absolute Gasteiger partial charge is 0.330 e. The molecule has 0 spiro atoms. The number of rotatable bonds is 3. The van der Waals surface area contributed by atoms with Gasteiger partial charge in [-0.2, -0.15) is 13.2 Å². The van der Waals surface area contributed by atoms with Crippen molar-refractivity contribution in [2.24, 2.45) is 5.73 Å². The average molecular weight is 340 g/mol. The van der Waals surface area contributed by atoms with E-state index in [4.69, 9.17) is 17.3 Å². The van der Waals surface area contributed by atoms with Gasteiger partial charge in [0.05, 0.1) is 17.0 Å². The fourth-order valence-corrected chi connectivity index (χ4v) is 2.60. The maximum absolute atomic E-state index is 12.9. The van der Waals surface area contributed by atoms with Gasteiger partial charge in [-0.05, 0) is 30.8 Å². The van der Waals surface area contributed by atoms with Gasteiger partial charge in [0.2, 0.25) is 0 Å². The van der Waals surface area contributed by atoms with Crippen LogP contribution in [0.1, 0.15) is 11.3 Å². The lowest BCUT2D eigenvalue weighted by Gasteiger charge is -2.08. The number of halogens is 4. The van der Waals surface area contributed by atoms with Crippen LogP contribution in [0.15, 0.2) is 42.6 Å². The van der Waals surface area contributed by atoms with E-state index in [2.05, 4.69) is 4.98 Å². The maximum atomic E-state index is 12.9. The lowest BCUT2D eigenvalue weighted by molar-refractivity contribution is -0.137. The van der Waals surface area contributed by atoms with Gasteiger partial charge in [0.15, 0.2) is 0 Å². The summed E-state index contributed by atoms with van der Waals surface area (Å²) < 4.78 is 40.3. The number of aromatic nitrogens is 2. The quantitative estimate of drug-likeness (QED) is 0.778. The van der Waals surface area contributed by atoms with E-state index < -0.39 is 11.7 Å². The summed E-state index contributed by atoms with van der Waals surface area (Å²) in [5, 5.41) is 0.581. The summed E-state index contributed by atoms with van der Waals surface area (Å²) in [4.78, 5) is 4.45. The number of benzene rings is 1. The number of hydrogen-bond acceptors (Lipinski definition) is 2. The molecule has 2 aromatic heterocycles. The molecule has 3 rings (SSSR count). The first-order valence-corrected chi connectivity index (χ1v) is 7.32. The number of imidazole rings is 1. The van der Waals surface area contributed by atoms with E-state index in [1.54, 1.807) is 24.3 Å². The highest BCUT2D eigenvalue weighted by Crippen LogP contribution is 2.31. The molecule has 0 aliphatic rings. The summed E-state index contributed by atoms with van der Waals surface area (Å²) in [6.45, 7) is 0.310. The molecule has 0 amide bonds. The van der Waals surface area contributed by atoms with Crippen molar-refractivity contribution < 1.29 is 13.2 Å². The van der Waals surface area contributed by atoms with Gasteiger partial charge in [0.1, 0.15) is 5.65 Å². The molecule has 0 atom stereocenters. The molecule has 120 valence electrons. The second kappa shape index (κ2) is 5.86. The van der Waals surface area contributed by atoms with E-state index in [9.17, 15) is 13.2 Å². The third-order valence-corrected chi connectivity index (χ3v) is 3.80. The van der Waals surface area contributed by atoms with Crippen LogP contribution >= 0.6 is 11.6 Å². The Balaban J connectivity index is 2.22. The lowest BCUT2D eigenvalue weighted by atomic mass is 10.1. The minimum Gasteiger partial charge on any atom is -0.330 e. The first-order valence-electron chi connectivity index (χ1n) is 6.94. The van der Waals surface area contributed by atoms with Crippen molar-refractivity contribution in [2.45, 2.75) is 12.6 Å². The molecule has 0 saturated carbocycles. The van der Waals surface area contributed by atoms with Crippen LogP contribution < -0.4 is 5.73 Å². The minimum absolute atomic E-state index is 0.310. The van der Waals surface area contributed by atoms with Crippen LogP contribution in [0, 0.1) is 0 Å². The predicted octanol–water partition coefficient (Wildman–Crippen LogP) is 4.17. The average Bonchev–Trinajstić information content (AvgIpc) is 2.86. The van der Waals surface area contributed by atoms with E-state index in [1.807, 2.05) is 0 Å². The molecular weight excluding hydrogens is 327 g/mol. The largest absolute Gasteiger partial charge is 0.417 e. The first-order chi connectivity index (χ1) is 10.9. The zero-order valence-corrected chi connectivity index (χ0v) is 12.7. The molecule has 0 aliphatic heterocycles. The van der Waals surface area contributed by atoms with Crippen molar-refractivity contribution in [1.82, 2.24) is 9.38 Å². The summed E-state index contributed by atoms with van der Waals surface area (Å²) in [6, 6.07) is 9.40. The van der Waals surface area contributed by atoms with Crippen LogP contribution in [0.2, 0.25) is 5.02 Å². The second-order valence-corrected chi connectivity index (χ2v) is 5.53. The summed E-state index contributed by atoms with van der Waals surface area (Å²) >= 11 is 5.88. The zero-order valence-electron chi connectivity index (χ0n) is 11.9. The molecule has 23 heavy (non-hydrogen) atoms. The number of pyridine rings is 1. The van der Waals surface area contributed by atoms with E-state index in [0.29, 0.717) is 35.0 Å². The third-order valence-electron chi connectivity index (χ3n) is 3.54. The van der Waals surface area contributed by atoms with Crippen molar-refractivity contribution in [2.75, 3.05) is 6.54 Å². The van der Waals surface area contributed by atoms with Crippen LogP contribution in [0.5, 0.6) is 0 Å². The maximum Gasteiger partial charge on any atom is 0.417 e. The van der Waals surface area contributed by atoms with E-state index in [0.717, 1.165) is 17.8 Å². The number of nitrogens with zero attached hydrogens (tertiary/aromatic N) is 2. The monoisotopic (exact) mass is 339 g/mol. The standard InChI is InChI=1S/C16H13ClF3N3/c17-12-4-1-10(2-5-12)15-13(7-8-21)23-9-11(16(18,19)20)3-6-14(23)22-15/h1-6,9H,7-8,21H2. The van der Waals surface area contributed by atoms with Crippen molar-refractivity contribution in [3.63, 3.8) is 0 Å². The van der Waals surface area contributed by atoms with Crippen molar-refractivity contribution in [3.8, 4) is 11.3 Å². The molecule has 2 N–H and O–H groups in total. The fourth-order valence-electron chi connectivity index (χ4n) is 2.48. The molecule has 7 heteroatoms. The SMILES string of the molecule is NCCc1c(-c2ccc(Cl)cc2)nc2ccc(C(F)(F)F)cn12. The van der Waals surface area contributed by atoms with Crippen molar-refractivity contribution >= 4 is 17.2 Å². The van der Waals surface area contributed by atoms with Gasteiger partial charge in [-0.15, -0.1) is 0 Å². The molecule has 0 unspecified atom stereocenters. The number of fused-ring (bicyclic) bond motifs is 1. The molecule has 0 fully saturated rings. The van der Waals surface area contributed by atoms with Crippen LogP contribution in [0.25, 0.3) is 16.9 Å². The molecule has 2 heterocycles. The van der Waals surface area contributed by atoms with Crippen molar-refractivity contribution in [3.05, 3.63) is 58.9 Å². The summed E-state index contributed by atoms with van der Waals surface area (Å²) in [6.07, 6.45) is -2.92. The molecule has 1 aromatic carbocycles. The molecule has 0 bridgehead atoms. The van der Waals surface area contributed by atoms with E-state index >= 15 is 0 Å². The van der Waals surface area contributed by atoms with Crippen molar-refractivity contribution in [1.29, 1.82) is 0 Å². The number of alkyl halides is 3. The molecular formula is C16H13ClF3N3. The Morgan fingerprint density at radius 2 is 1.78 bits per heavy atom. The molecule has 0 saturated heterocycles. The van der Waals surface area contributed by atoms with Crippen LogP contribution in [-0.4, -0.2) is 15.9 Å². The van der Waals surface area contributed by atoms with Gasteiger partial charge in [0.25, 0.3) is 0 Å². The van der Waals surface area contributed by atoms with Gasteiger partial charge in [-0.25, -0.2) is 4.98 Å². The Morgan fingerprint density at radius 1 is 1.09 bits per heavy atom. The highest BCUT2D eigenvalue weighted by Gasteiger charge is 2.31. The zero-order chi connectivity index (χ0) is 16.6. The van der Waals surface area contributed by atoms with Crippen LogP contribution in [-0.2, 0) is 12.6 Å². The van der Waals surface area contributed by atoms with E-state index in [-0.39, 0.29) is 0 Å². The van der Waals surface area contributed by atoms with E-state index in [1.165, 1.54) is 10.5 Å². The Hall–Kier alpha value is -2.05. The summed E-state index contributed by atoms with van der Waals surface area (Å²) in [7, 11) is 0. The second-order valence-electron chi connectivity index (χ2n) is 5.10. The third kappa shape index (κ3) is 3.04. The molecule has 3 nitrogen and oxygen atoms in total. The topological polar surface area (TPSA) is 43.3 Å². The summed E-state index contributed by atoms with van der Waals surface area (Å²) in [5.74, 6) is 0. The van der Waals surface area contributed by atoms with Gasteiger partial charge in [-0.3, -0.25) is 0 Å². The lowest BCUT2D eigenvalue weighted by Crippen LogP contribution is -2.09. The van der Waals surface area contributed by atoms with Crippen LogP contribution in [0.4, 0.5) is 13.2 Å². The summed E-state index contributed by atoms with van der Waals surface area (Å²) in [5.41, 5.74) is 7.41. The van der Waals surface area contributed by atoms with Gasteiger partial charge < -0.3 is 10.1 Å². The number of nitrogens with two attached hydrogens (primary N) is 1. The minimum atomic E-state index is -4.40. The Labute approximate surface area is 135 Å². The van der Waals surface area contributed by atoms with Gasteiger partial charge in [-0.1, -0.05) is 23.7 Å². The fraction of sp³-hybridized carbons (Fsp3) is 0.188. The Morgan fingerprint density at radius 3 is 2.39 bits per heavy atom. The molecule has 0 aliphatic carbocycles.